The molecule has 2 atom stereocenters. The molecule has 0 aliphatic rings. The molecule has 90 valence electrons. The van der Waals surface area contributed by atoms with Crippen LogP contribution in [0.25, 0.3) is 0 Å². The zero-order chi connectivity index (χ0) is 12.1. The topological polar surface area (TPSA) is 72.5 Å². The first-order chi connectivity index (χ1) is 6.82. The maximum absolute atomic E-state index is 11.5. The lowest BCUT2D eigenvalue weighted by molar-refractivity contribution is -0.121. The number of methoxy groups -OCH3 is 1. The van der Waals surface area contributed by atoms with Gasteiger partial charge in [0.15, 0.2) is 9.84 Å². The zero-order valence-corrected chi connectivity index (χ0v) is 11.4. The number of nitrogens with one attached hydrogen (secondary N) is 1. The van der Waals surface area contributed by atoms with Gasteiger partial charge in [-0.25, -0.2) is 8.42 Å². The van der Waals surface area contributed by atoms with Crippen LogP contribution in [0.3, 0.4) is 0 Å². The molecule has 0 saturated heterocycles. The van der Waals surface area contributed by atoms with E-state index in [9.17, 15) is 13.2 Å². The number of hydrogen-bond donors (Lipinski definition) is 1. The molecule has 0 spiro atoms. The Morgan fingerprint density at radius 2 is 2.07 bits per heavy atom. The smallest absolute Gasteiger partial charge is 0.238 e. The van der Waals surface area contributed by atoms with Crippen LogP contribution in [0.2, 0.25) is 0 Å². The number of alkyl halides is 1. The first-order valence-corrected chi connectivity index (χ1v) is 7.44. The van der Waals surface area contributed by atoms with Gasteiger partial charge in [-0.05, 0) is 6.92 Å². The molecular formula is C8H16BrNO4S. The standard InChI is InChI=1S/C8H16BrNO4S/c1-6(15(3,12)13)8(11)10-7(4-9)5-14-2/h6-7H,4-5H2,1-3H3,(H,10,11). The largest absolute Gasteiger partial charge is 0.383 e. The van der Waals surface area contributed by atoms with Gasteiger partial charge in [0.1, 0.15) is 5.25 Å². The third-order valence-electron chi connectivity index (χ3n) is 1.91. The van der Waals surface area contributed by atoms with Crippen LogP contribution in [-0.4, -0.2) is 50.9 Å². The van der Waals surface area contributed by atoms with Crippen LogP contribution in [0.15, 0.2) is 0 Å². The minimum Gasteiger partial charge on any atom is -0.383 e. The van der Waals surface area contributed by atoms with E-state index in [4.69, 9.17) is 4.74 Å². The number of ether oxygens (including phenoxy) is 1. The summed E-state index contributed by atoms with van der Waals surface area (Å²) in [6.45, 7) is 1.70. The average molecular weight is 302 g/mol. The fraction of sp³-hybridized carbons (Fsp3) is 0.875. The van der Waals surface area contributed by atoms with Crippen molar-refractivity contribution in [3.63, 3.8) is 0 Å². The molecule has 0 bridgehead atoms. The number of carbonyl (C=O) groups is 1. The van der Waals surface area contributed by atoms with E-state index in [1.165, 1.54) is 14.0 Å². The van der Waals surface area contributed by atoms with Gasteiger partial charge < -0.3 is 10.1 Å². The second-order valence-corrected chi connectivity index (χ2v) is 6.30. The minimum absolute atomic E-state index is 0.216. The Morgan fingerprint density at radius 1 is 1.53 bits per heavy atom. The van der Waals surface area contributed by atoms with Crippen molar-refractivity contribution in [2.45, 2.75) is 18.2 Å². The van der Waals surface area contributed by atoms with Crippen molar-refractivity contribution in [1.82, 2.24) is 5.32 Å². The average Bonchev–Trinajstić information content (AvgIpc) is 2.14. The maximum atomic E-state index is 11.5. The highest BCUT2D eigenvalue weighted by atomic mass is 79.9. The van der Waals surface area contributed by atoms with Crippen LogP contribution < -0.4 is 5.32 Å². The SMILES string of the molecule is COCC(CBr)NC(=O)C(C)S(C)(=O)=O. The highest BCUT2D eigenvalue weighted by molar-refractivity contribution is 9.09. The molecule has 0 aromatic carbocycles. The predicted molar refractivity (Wildman–Crippen MR) is 61.9 cm³/mol. The Morgan fingerprint density at radius 3 is 2.40 bits per heavy atom. The quantitative estimate of drug-likeness (QED) is 0.698. The van der Waals surface area contributed by atoms with Crippen molar-refractivity contribution < 1.29 is 17.9 Å². The van der Waals surface area contributed by atoms with Crippen LogP contribution in [0.5, 0.6) is 0 Å². The predicted octanol–water partition coefficient (Wildman–Crippen LogP) is -0.0544. The number of amides is 1. The summed E-state index contributed by atoms with van der Waals surface area (Å²) in [5.41, 5.74) is 0. The molecule has 0 radical (unpaired) electrons. The van der Waals surface area contributed by atoms with E-state index < -0.39 is 21.0 Å². The van der Waals surface area contributed by atoms with Gasteiger partial charge in [0.05, 0.1) is 12.6 Å². The van der Waals surface area contributed by atoms with Crippen molar-refractivity contribution >= 4 is 31.7 Å². The number of rotatable bonds is 6. The fourth-order valence-corrected chi connectivity index (χ4v) is 1.64. The number of sulfone groups is 1. The van der Waals surface area contributed by atoms with E-state index >= 15 is 0 Å². The first-order valence-electron chi connectivity index (χ1n) is 4.37. The summed E-state index contributed by atoms with van der Waals surface area (Å²) in [4.78, 5) is 11.5. The Kier molecular flexibility index (Phi) is 6.38. The van der Waals surface area contributed by atoms with Gasteiger partial charge in [0.2, 0.25) is 5.91 Å². The monoisotopic (exact) mass is 301 g/mol. The maximum Gasteiger partial charge on any atom is 0.238 e. The number of carbonyl (C=O) groups excluding carboxylic acids is 1. The van der Waals surface area contributed by atoms with Gasteiger partial charge in [-0.15, -0.1) is 0 Å². The van der Waals surface area contributed by atoms with E-state index in [0.717, 1.165) is 6.26 Å². The van der Waals surface area contributed by atoms with Crippen LogP contribution in [0, 0.1) is 0 Å². The molecular weight excluding hydrogens is 286 g/mol. The molecule has 0 aliphatic carbocycles. The molecule has 0 saturated carbocycles. The van der Waals surface area contributed by atoms with E-state index in [-0.39, 0.29) is 6.04 Å². The lowest BCUT2D eigenvalue weighted by Gasteiger charge is -2.17. The lowest BCUT2D eigenvalue weighted by atomic mass is 10.3. The van der Waals surface area contributed by atoms with Crippen LogP contribution >= 0.6 is 15.9 Å². The van der Waals surface area contributed by atoms with E-state index in [0.29, 0.717) is 11.9 Å². The molecule has 0 aromatic heterocycles. The molecule has 0 aromatic rings. The summed E-state index contributed by atoms with van der Waals surface area (Å²) in [6, 6.07) is -0.216. The third kappa shape index (κ3) is 5.48. The van der Waals surface area contributed by atoms with Crippen LogP contribution in [0.4, 0.5) is 0 Å². The highest BCUT2D eigenvalue weighted by Crippen LogP contribution is 2.00. The Labute approximate surface area is 98.6 Å². The van der Waals surface area contributed by atoms with Crippen molar-refractivity contribution in [3.8, 4) is 0 Å². The molecule has 0 heterocycles. The van der Waals surface area contributed by atoms with Crippen molar-refractivity contribution in [3.05, 3.63) is 0 Å². The van der Waals surface area contributed by atoms with Gasteiger partial charge in [-0.3, -0.25) is 4.79 Å². The van der Waals surface area contributed by atoms with Gasteiger partial charge in [-0.1, -0.05) is 15.9 Å². The molecule has 1 amide bonds. The number of hydrogen-bond acceptors (Lipinski definition) is 4. The molecule has 0 aliphatic heterocycles. The summed E-state index contributed by atoms with van der Waals surface area (Å²) in [5.74, 6) is -0.501. The van der Waals surface area contributed by atoms with Crippen molar-refractivity contribution in [2.24, 2.45) is 0 Å². The second-order valence-electron chi connectivity index (χ2n) is 3.29. The Hall–Kier alpha value is -0.140. The molecule has 15 heavy (non-hydrogen) atoms. The normalized spacial score (nSPS) is 15.7. The molecule has 0 rings (SSSR count). The third-order valence-corrected chi connectivity index (χ3v) is 4.19. The van der Waals surface area contributed by atoms with E-state index in [2.05, 4.69) is 21.2 Å². The molecule has 5 nitrogen and oxygen atoms in total. The summed E-state index contributed by atoms with van der Waals surface area (Å²) in [5, 5.41) is 2.07. The molecule has 0 fully saturated rings. The summed E-state index contributed by atoms with van der Waals surface area (Å²) in [6.07, 6.45) is 1.04. The Balaban J connectivity index is 4.35. The molecule has 1 N–H and O–H groups in total. The van der Waals surface area contributed by atoms with Crippen LogP contribution in [0.1, 0.15) is 6.92 Å². The molecule has 2 unspecified atom stereocenters. The van der Waals surface area contributed by atoms with Crippen LogP contribution in [-0.2, 0) is 19.4 Å². The fourth-order valence-electron chi connectivity index (χ4n) is 0.839. The first kappa shape index (κ1) is 14.9. The lowest BCUT2D eigenvalue weighted by Crippen LogP contribution is -2.45. The molecule has 7 heteroatoms. The minimum atomic E-state index is -3.34. The van der Waals surface area contributed by atoms with Crippen molar-refractivity contribution in [1.29, 1.82) is 0 Å². The number of halogens is 1. The highest BCUT2D eigenvalue weighted by Gasteiger charge is 2.25. The summed E-state index contributed by atoms with van der Waals surface area (Å²) in [7, 11) is -1.82. The summed E-state index contributed by atoms with van der Waals surface area (Å²) < 4.78 is 27.1. The van der Waals surface area contributed by atoms with Gasteiger partial charge >= 0.3 is 0 Å². The van der Waals surface area contributed by atoms with Gasteiger partial charge in [-0.2, -0.15) is 0 Å². The Bertz CT molecular complexity index is 304. The second kappa shape index (κ2) is 6.44. The van der Waals surface area contributed by atoms with Crippen molar-refractivity contribution in [2.75, 3.05) is 25.3 Å². The zero-order valence-electron chi connectivity index (χ0n) is 8.99. The van der Waals surface area contributed by atoms with Gasteiger partial charge in [0.25, 0.3) is 0 Å². The van der Waals surface area contributed by atoms with Gasteiger partial charge in [0, 0.05) is 18.7 Å². The van der Waals surface area contributed by atoms with E-state index in [1.54, 1.807) is 0 Å². The summed E-state index contributed by atoms with van der Waals surface area (Å²) >= 11 is 3.20. The van der Waals surface area contributed by atoms with E-state index in [1.807, 2.05) is 0 Å².